The SMILES string of the molecule is CC(N)CCNC(=O)CS(=O)(=O)c1ccc(Cl)cc1. The highest BCUT2D eigenvalue weighted by Gasteiger charge is 2.18. The molecule has 7 heteroatoms. The van der Waals surface area contributed by atoms with Gasteiger partial charge in [0.2, 0.25) is 5.91 Å². The number of amides is 1. The summed E-state index contributed by atoms with van der Waals surface area (Å²) in [5.41, 5.74) is 5.53. The van der Waals surface area contributed by atoms with E-state index in [-0.39, 0.29) is 10.9 Å². The molecule has 0 saturated heterocycles. The second kappa shape index (κ2) is 6.88. The molecule has 0 heterocycles. The average molecular weight is 305 g/mol. The predicted molar refractivity (Wildman–Crippen MR) is 74.8 cm³/mol. The molecule has 1 aromatic rings. The first-order valence-corrected chi connectivity index (χ1v) is 7.85. The molecule has 1 aromatic carbocycles. The Hall–Kier alpha value is -1.11. The van der Waals surface area contributed by atoms with Crippen molar-refractivity contribution in [2.45, 2.75) is 24.3 Å². The van der Waals surface area contributed by atoms with Gasteiger partial charge in [-0.2, -0.15) is 0 Å². The van der Waals surface area contributed by atoms with Crippen molar-refractivity contribution in [1.29, 1.82) is 0 Å². The van der Waals surface area contributed by atoms with E-state index in [1.807, 2.05) is 6.92 Å². The van der Waals surface area contributed by atoms with Crippen LogP contribution in [0.3, 0.4) is 0 Å². The van der Waals surface area contributed by atoms with Crippen LogP contribution >= 0.6 is 11.6 Å². The van der Waals surface area contributed by atoms with E-state index in [1.54, 1.807) is 0 Å². The molecular formula is C12H17ClN2O3S. The van der Waals surface area contributed by atoms with Crippen LogP contribution in [0.15, 0.2) is 29.2 Å². The van der Waals surface area contributed by atoms with Crippen molar-refractivity contribution in [1.82, 2.24) is 5.32 Å². The number of nitrogens with two attached hydrogens (primary N) is 1. The van der Waals surface area contributed by atoms with E-state index < -0.39 is 21.5 Å². The molecule has 0 radical (unpaired) electrons. The molecule has 19 heavy (non-hydrogen) atoms. The Morgan fingerprint density at radius 2 is 1.95 bits per heavy atom. The minimum Gasteiger partial charge on any atom is -0.355 e. The fourth-order valence-electron chi connectivity index (χ4n) is 1.39. The fourth-order valence-corrected chi connectivity index (χ4v) is 2.68. The summed E-state index contributed by atoms with van der Waals surface area (Å²) < 4.78 is 23.8. The fraction of sp³-hybridized carbons (Fsp3) is 0.417. The second-order valence-electron chi connectivity index (χ2n) is 4.33. The lowest BCUT2D eigenvalue weighted by Gasteiger charge is -2.08. The molecule has 1 atom stereocenters. The largest absolute Gasteiger partial charge is 0.355 e. The number of halogens is 1. The van der Waals surface area contributed by atoms with Crippen molar-refractivity contribution in [3.63, 3.8) is 0 Å². The van der Waals surface area contributed by atoms with Crippen molar-refractivity contribution < 1.29 is 13.2 Å². The average Bonchev–Trinajstić information content (AvgIpc) is 2.28. The zero-order chi connectivity index (χ0) is 14.5. The number of hydrogen-bond donors (Lipinski definition) is 2. The number of sulfone groups is 1. The highest BCUT2D eigenvalue weighted by Crippen LogP contribution is 2.15. The molecule has 0 aliphatic heterocycles. The number of benzene rings is 1. The quantitative estimate of drug-likeness (QED) is 0.819. The van der Waals surface area contributed by atoms with Gasteiger partial charge in [0, 0.05) is 17.6 Å². The maximum absolute atomic E-state index is 11.9. The minimum absolute atomic E-state index is 0.0341. The molecule has 0 bridgehead atoms. The number of carbonyl (C=O) groups excluding carboxylic acids is 1. The Bertz CT molecular complexity index is 526. The summed E-state index contributed by atoms with van der Waals surface area (Å²) in [7, 11) is -3.63. The van der Waals surface area contributed by atoms with Crippen molar-refractivity contribution in [2.24, 2.45) is 5.73 Å². The summed E-state index contributed by atoms with van der Waals surface area (Å²) >= 11 is 5.68. The number of nitrogens with one attached hydrogen (secondary N) is 1. The van der Waals surface area contributed by atoms with Gasteiger partial charge in [0.15, 0.2) is 9.84 Å². The highest BCUT2D eigenvalue weighted by molar-refractivity contribution is 7.92. The molecular weight excluding hydrogens is 288 g/mol. The van der Waals surface area contributed by atoms with Crippen LogP contribution in [-0.4, -0.2) is 32.7 Å². The Kier molecular flexibility index (Phi) is 5.78. The Morgan fingerprint density at radius 1 is 1.37 bits per heavy atom. The second-order valence-corrected chi connectivity index (χ2v) is 6.75. The first kappa shape index (κ1) is 15.9. The summed E-state index contributed by atoms with van der Waals surface area (Å²) in [4.78, 5) is 11.6. The number of rotatable bonds is 6. The van der Waals surface area contributed by atoms with E-state index in [4.69, 9.17) is 17.3 Å². The van der Waals surface area contributed by atoms with Crippen LogP contribution in [0.25, 0.3) is 0 Å². The first-order chi connectivity index (χ1) is 8.81. The molecule has 0 spiro atoms. The first-order valence-electron chi connectivity index (χ1n) is 5.82. The van der Waals surface area contributed by atoms with Crippen LogP contribution in [0.5, 0.6) is 0 Å². The molecule has 1 rings (SSSR count). The van der Waals surface area contributed by atoms with E-state index >= 15 is 0 Å². The Balaban J connectivity index is 2.59. The summed E-state index contributed by atoms with van der Waals surface area (Å²) in [6, 6.07) is 5.68. The molecule has 0 aliphatic rings. The van der Waals surface area contributed by atoms with Crippen LogP contribution in [0.2, 0.25) is 5.02 Å². The van der Waals surface area contributed by atoms with Gasteiger partial charge in [-0.25, -0.2) is 8.42 Å². The topological polar surface area (TPSA) is 89.3 Å². The summed E-state index contributed by atoms with van der Waals surface area (Å²) in [5, 5.41) is 2.97. The summed E-state index contributed by atoms with van der Waals surface area (Å²) in [6.45, 7) is 2.18. The van der Waals surface area contributed by atoms with Gasteiger partial charge >= 0.3 is 0 Å². The molecule has 1 amide bonds. The minimum atomic E-state index is -3.63. The molecule has 0 saturated carbocycles. The highest BCUT2D eigenvalue weighted by atomic mass is 35.5. The van der Waals surface area contributed by atoms with E-state index in [0.29, 0.717) is 18.0 Å². The predicted octanol–water partition coefficient (Wildman–Crippen LogP) is 0.967. The smallest absolute Gasteiger partial charge is 0.235 e. The monoisotopic (exact) mass is 304 g/mol. The van der Waals surface area contributed by atoms with E-state index in [1.165, 1.54) is 24.3 Å². The summed E-state index contributed by atoms with van der Waals surface area (Å²) in [5.74, 6) is -1.11. The van der Waals surface area contributed by atoms with Gasteiger partial charge < -0.3 is 11.1 Å². The van der Waals surface area contributed by atoms with Crippen molar-refractivity contribution in [3.05, 3.63) is 29.3 Å². The zero-order valence-electron chi connectivity index (χ0n) is 10.6. The van der Waals surface area contributed by atoms with Gasteiger partial charge in [0.25, 0.3) is 0 Å². The molecule has 106 valence electrons. The maximum Gasteiger partial charge on any atom is 0.235 e. The van der Waals surface area contributed by atoms with Gasteiger partial charge in [-0.15, -0.1) is 0 Å². The normalized spacial score (nSPS) is 13.0. The van der Waals surface area contributed by atoms with Gasteiger partial charge in [-0.1, -0.05) is 11.6 Å². The summed E-state index contributed by atoms with van der Waals surface area (Å²) in [6.07, 6.45) is 0.604. The van der Waals surface area contributed by atoms with Gasteiger partial charge in [0.05, 0.1) is 4.90 Å². The lowest BCUT2D eigenvalue weighted by atomic mass is 10.2. The molecule has 0 aliphatic carbocycles. The van der Waals surface area contributed by atoms with E-state index in [2.05, 4.69) is 5.32 Å². The van der Waals surface area contributed by atoms with Crippen molar-refractivity contribution in [3.8, 4) is 0 Å². The molecule has 1 unspecified atom stereocenters. The maximum atomic E-state index is 11.9. The third kappa shape index (κ3) is 5.59. The van der Waals surface area contributed by atoms with E-state index in [9.17, 15) is 13.2 Å². The lowest BCUT2D eigenvalue weighted by molar-refractivity contribution is -0.118. The van der Waals surface area contributed by atoms with Crippen LogP contribution in [0.4, 0.5) is 0 Å². The lowest BCUT2D eigenvalue weighted by Crippen LogP contribution is -2.33. The molecule has 3 N–H and O–H groups in total. The van der Waals surface area contributed by atoms with Gasteiger partial charge in [-0.3, -0.25) is 4.79 Å². The van der Waals surface area contributed by atoms with Crippen LogP contribution < -0.4 is 11.1 Å². The standard InChI is InChI=1S/C12H17ClN2O3S/c1-9(14)6-7-15-12(16)8-19(17,18)11-4-2-10(13)3-5-11/h2-5,9H,6-8,14H2,1H3,(H,15,16). The number of carbonyl (C=O) groups is 1. The third-order valence-electron chi connectivity index (χ3n) is 2.42. The van der Waals surface area contributed by atoms with Crippen LogP contribution in [0, 0.1) is 0 Å². The van der Waals surface area contributed by atoms with Crippen molar-refractivity contribution in [2.75, 3.05) is 12.3 Å². The van der Waals surface area contributed by atoms with Crippen LogP contribution in [-0.2, 0) is 14.6 Å². The number of hydrogen-bond acceptors (Lipinski definition) is 4. The van der Waals surface area contributed by atoms with Gasteiger partial charge in [-0.05, 0) is 37.6 Å². The molecule has 0 fully saturated rings. The van der Waals surface area contributed by atoms with Gasteiger partial charge in [0.1, 0.15) is 5.75 Å². The van der Waals surface area contributed by atoms with E-state index in [0.717, 1.165) is 0 Å². The molecule has 0 aromatic heterocycles. The van der Waals surface area contributed by atoms with Crippen LogP contribution in [0.1, 0.15) is 13.3 Å². The Morgan fingerprint density at radius 3 is 2.47 bits per heavy atom. The molecule has 5 nitrogen and oxygen atoms in total. The third-order valence-corrected chi connectivity index (χ3v) is 4.30. The Labute approximate surface area is 118 Å². The zero-order valence-corrected chi connectivity index (χ0v) is 12.2. The van der Waals surface area contributed by atoms with Crippen molar-refractivity contribution >= 4 is 27.3 Å².